The van der Waals surface area contributed by atoms with E-state index in [0.717, 1.165) is 0 Å². The number of carbonyl (C=O) groups excluding carboxylic acids is 2. The number of ether oxygens (including phenoxy) is 1. The Balaban J connectivity index is 2.30. The van der Waals surface area contributed by atoms with Crippen molar-refractivity contribution in [2.45, 2.75) is 26.2 Å². The fourth-order valence-electron chi connectivity index (χ4n) is 1.96. The molecule has 0 spiro atoms. The predicted molar refractivity (Wildman–Crippen MR) is 58.1 cm³/mol. The lowest BCUT2D eigenvalue weighted by Crippen LogP contribution is -2.34. The highest BCUT2D eigenvalue weighted by Gasteiger charge is 2.33. The number of carboxylic acids is 1. The Morgan fingerprint density at radius 2 is 1.94 bits per heavy atom. The van der Waals surface area contributed by atoms with Gasteiger partial charge in [0.25, 0.3) is 0 Å². The van der Waals surface area contributed by atoms with Crippen LogP contribution < -0.4 is 5.32 Å². The van der Waals surface area contributed by atoms with Crippen LogP contribution in [0.2, 0.25) is 0 Å². The van der Waals surface area contributed by atoms with E-state index in [1.54, 1.807) is 6.92 Å². The van der Waals surface area contributed by atoms with Crippen LogP contribution in [0, 0.1) is 11.8 Å². The second kappa shape index (κ2) is 6.22. The quantitative estimate of drug-likeness (QED) is 0.671. The summed E-state index contributed by atoms with van der Waals surface area (Å²) in [5.41, 5.74) is 0. The minimum Gasteiger partial charge on any atom is -0.481 e. The highest BCUT2D eigenvalue weighted by atomic mass is 16.5. The first-order valence-corrected chi connectivity index (χ1v) is 5.70. The van der Waals surface area contributed by atoms with E-state index in [0.29, 0.717) is 19.3 Å². The third-order valence-electron chi connectivity index (χ3n) is 2.86. The standard InChI is InChI=1S/C11H17NO5/c1-2-17-9(13)6-12-10(14)7-3-4-8(5-7)11(15)16/h7-8H,2-6H2,1H3,(H,12,14)(H,15,16). The number of aliphatic carboxylic acids is 1. The number of hydrogen-bond acceptors (Lipinski definition) is 4. The summed E-state index contributed by atoms with van der Waals surface area (Å²) in [7, 11) is 0. The van der Waals surface area contributed by atoms with Crippen LogP contribution >= 0.6 is 0 Å². The van der Waals surface area contributed by atoms with Crippen LogP contribution in [0.4, 0.5) is 0 Å². The van der Waals surface area contributed by atoms with Crippen LogP contribution in [0.25, 0.3) is 0 Å². The number of hydrogen-bond donors (Lipinski definition) is 2. The number of amides is 1. The molecule has 0 aromatic rings. The normalized spacial score (nSPS) is 23.1. The first kappa shape index (κ1) is 13.5. The largest absolute Gasteiger partial charge is 0.481 e. The molecule has 17 heavy (non-hydrogen) atoms. The van der Waals surface area contributed by atoms with Crippen molar-refractivity contribution in [1.82, 2.24) is 5.32 Å². The van der Waals surface area contributed by atoms with Gasteiger partial charge in [-0.1, -0.05) is 0 Å². The summed E-state index contributed by atoms with van der Waals surface area (Å²) in [6.07, 6.45) is 1.43. The van der Waals surface area contributed by atoms with E-state index < -0.39 is 17.9 Å². The Labute approximate surface area is 99.3 Å². The van der Waals surface area contributed by atoms with Gasteiger partial charge in [0.1, 0.15) is 6.54 Å². The fourth-order valence-corrected chi connectivity index (χ4v) is 1.96. The summed E-state index contributed by atoms with van der Waals surface area (Å²) in [6, 6.07) is 0. The van der Waals surface area contributed by atoms with Gasteiger partial charge in [0.2, 0.25) is 5.91 Å². The molecule has 0 aromatic carbocycles. The molecule has 1 aliphatic rings. The molecule has 1 rings (SSSR count). The van der Waals surface area contributed by atoms with Crippen LogP contribution in [0.1, 0.15) is 26.2 Å². The van der Waals surface area contributed by atoms with E-state index in [1.807, 2.05) is 0 Å². The van der Waals surface area contributed by atoms with Gasteiger partial charge in [-0.2, -0.15) is 0 Å². The molecule has 1 saturated carbocycles. The van der Waals surface area contributed by atoms with Gasteiger partial charge in [-0.3, -0.25) is 14.4 Å². The maximum atomic E-state index is 11.6. The van der Waals surface area contributed by atoms with Crippen molar-refractivity contribution in [3.63, 3.8) is 0 Å². The van der Waals surface area contributed by atoms with Gasteiger partial charge in [-0.05, 0) is 26.2 Å². The zero-order valence-electron chi connectivity index (χ0n) is 9.77. The van der Waals surface area contributed by atoms with E-state index in [1.165, 1.54) is 0 Å². The maximum Gasteiger partial charge on any atom is 0.325 e. The Bertz CT molecular complexity index is 315. The Morgan fingerprint density at radius 1 is 1.29 bits per heavy atom. The van der Waals surface area contributed by atoms with Gasteiger partial charge in [0.05, 0.1) is 12.5 Å². The first-order chi connectivity index (χ1) is 8.04. The first-order valence-electron chi connectivity index (χ1n) is 5.70. The van der Waals surface area contributed by atoms with E-state index in [2.05, 4.69) is 10.1 Å². The highest BCUT2D eigenvalue weighted by Crippen LogP contribution is 2.30. The molecule has 6 nitrogen and oxygen atoms in total. The number of nitrogens with one attached hydrogen (secondary N) is 1. The summed E-state index contributed by atoms with van der Waals surface area (Å²) >= 11 is 0. The summed E-state index contributed by atoms with van der Waals surface area (Å²) < 4.78 is 4.67. The minimum absolute atomic E-state index is 0.152. The molecule has 0 aromatic heterocycles. The van der Waals surface area contributed by atoms with E-state index >= 15 is 0 Å². The molecule has 0 saturated heterocycles. The van der Waals surface area contributed by atoms with Crippen LogP contribution in [0.15, 0.2) is 0 Å². The van der Waals surface area contributed by atoms with Crippen LogP contribution in [0.5, 0.6) is 0 Å². The van der Waals surface area contributed by atoms with Gasteiger partial charge < -0.3 is 15.2 Å². The second-order valence-electron chi connectivity index (χ2n) is 4.07. The summed E-state index contributed by atoms with van der Waals surface area (Å²) in [5.74, 6) is -2.33. The molecule has 2 N–H and O–H groups in total. The molecule has 96 valence electrons. The molecule has 6 heteroatoms. The van der Waals surface area contributed by atoms with Gasteiger partial charge in [0.15, 0.2) is 0 Å². The second-order valence-corrected chi connectivity index (χ2v) is 4.07. The molecule has 0 aliphatic heterocycles. The van der Waals surface area contributed by atoms with Crippen molar-refractivity contribution >= 4 is 17.8 Å². The zero-order valence-corrected chi connectivity index (χ0v) is 9.77. The van der Waals surface area contributed by atoms with E-state index in [9.17, 15) is 14.4 Å². The monoisotopic (exact) mass is 243 g/mol. The molecule has 1 fully saturated rings. The third-order valence-corrected chi connectivity index (χ3v) is 2.86. The van der Waals surface area contributed by atoms with Gasteiger partial charge in [-0.15, -0.1) is 0 Å². The fraction of sp³-hybridized carbons (Fsp3) is 0.727. The average Bonchev–Trinajstić information content (AvgIpc) is 2.75. The van der Waals surface area contributed by atoms with Gasteiger partial charge in [0, 0.05) is 5.92 Å². The maximum absolute atomic E-state index is 11.6. The van der Waals surface area contributed by atoms with Gasteiger partial charge >= 0.3 is 11.9 Å². The highest BCUT2D eigenvalue weighted by molar-refractivity contribution is 5.84. The number of esters is 1. The summed E-state index contributed by atoms with van der Waals surface area (Å²) in [5, 5.41) is 11.3. The predicted octanol–water partition coefficient (Wildman–Crippen LogP) is 0.167. The molecular formula is C11H17NO5. The molecule has 2 atom stereocenters. The Morgan fingerprint density at radius 3 is 2.47 bits per heavy atom. The molecule has 0 heterocycles. The van der Waals surface area contributed by atoms with Gasteiger partial charge in [-0.25, -0.2) is 0 Å². The number of carboxylic acid groups (broad SMARTS) is 1. The van der Waals surface area contributed by atoms with Crippen molar-refractivity contribution in [2.75, 3.05) is 13.2 Å². The van der Waals surface area contributed by atoms with Crippen LogP contribution in [-0.2, 0) is 19.1 Å². The van der Waals surface area contributed by atoms with E-state index in [-0.39, 0.29) is 25.0 Å². The van der Waals surface area contributed by atoms with Crippen LogP contribution in [0.3, 0.4) is 0 Å². The molecule has 0 radical (unpaired) electrons. The molecule has 2 unspecified atom stereocenters. The summed E-state index contributed by atoms with van der Waals surface area (Å²) in [6.45, 7) is 1.81. The summed E-state index contributed by atoms with van der Waals surface area (Å²) in [4.78, 5) is 33.3. The zero-order chi connectivity index (χ0) is 12.8. The third kappa shape index (κ3) is 4.05. The van der Waals surface area contributed by atoms with Crippen molar-refractivity contribution in [3.05, 3.63) is 0 Å². The van der Waals surface area contributed by atoms with Crippen LogP contribution in [-0.4, -0.2) is 36.1 Å². The molecule has 1 amide bonds. The SMILES string of the molecule is CCOC(=O)CNC(=O)C1CCC(C(=O)O)C1. The Kier molecular flexibility index (Phi) is 4.93. The Hall–Kier alpha value is -1.59. The molecular weight excluding hydrogens is 226 g/mol. The lowest BCUT2D eigenvalue weighted by molar-refractivity contribution is -0.144. The topological polar surface area (TPSA) is 92.7 Å². The van der Waals surface area contributed by atoms with Crippen molar-refractivity contribution in [1.29, 1.82) is 0 Å². The lowest BCUT2D eigenvalue weighted by atomic mass is 10.0. The van der Waals surface area contributed by atoms with E-state index in [4.69, 9.17) is 5.11 Å². The molecule has 0 bridgehead atoms. The lowest BCUT2D eigenvalue weighted by Gasteiger charge is -2.10. The minimum atomic E-state index is -0.856. The smallest absolute Gasteiger partial charge is 0.325 e. The molecule has 1 aliphatic carbocycles. The van der Waals surface area contributed by atoms with Crippen molar-refractivity contribution in [2.24, 2.45) is 11.8 Å². The number of rotatable bonds is 5. The number of carbonyl (C=O) groups is 3. The van der Waals surface area contributed by atoms with Crippen molar-refractivity contribution < 1.29 is 24.2 Å². The van der Waals surface area contributed by atoms with Crippen molar-refractivity contribution in [3.8, 4) is 0 Å². The average molecular weight is 243 g/mol.